The summed E-state index contributed by atoms with van der Waals surface area (Å²) in [5.41, 5.74) is 2.58. The highest BCUT2D eigenvalue weighted by atomic mass is 19.1. The van der Waals surface area contributed by atoms with Crippen LogP contribution in [-0.4, -0.2) is 60.1 Å². The van der Waals surface area contributed by atoms with Crippen molar-refractivity contribution in [1.29, 1.82) is 0 Å². The normalized spacial score (nSPS) is 18.6. The first-order valence-corrected chi connectivity index (χ1v) is 10.8. The number of methoxy groups -OCH3 is 1. The number of benzene rings is 1. The summed E-state index contributed by atoms with van der Waals surface area (Å²) in [6.45, 7) is 1.81. The molecular formula is C24H24F2N4O3. The number of aromatic nitrogens is 3. The largest absolute Gasteiger partial charge is 0.491 e. The Balaban J connectivity index is 1.50. The van der Waals surface area contributed by atoms with E-state index in [9.17, 15) is 8.78 Å². The average molecular weight is 454 g/mol. The van der Waals surface area contributed by atoms with Gasteiger partial charge in [0.2, 0.25) is 0 Å². The molecule has 1 saturated heterocycles. The van der Waals surface area contributed by atoms with Crippen molar-refractivity contribution in [1.82, 2.24) is 19.7 Å². The van der Waals surface area contributed by atoms with Crippen LogP contribution in [-0.2, 0) is 4.74 Å². The maximum atomic E-state index is 14.3. The fraction of sp³-hybridized carbons (Fsp3) is 0.333. The number of nitrogens with zero attached hydrogens (tertiary/aromatic N) is 3. The highest BCUT2D eigenvalue weighted by Crippen LogP contribution is 2.31. The second-order valence-electron chi connectivity index (χ2n) is 7.91. The van der Waals surface area contributed by atoms with Gasteiger partial charge in [-0.05, 0) is 31.2 Å². The van der Waals surface area contributed by atoms with Crippen molar-refractivity contribution in [3.63, 3.8) is 0 Å². The first-order chi connectivity index (χ1) is 16.1. The number of fused-ring (bicyclic) bond motifs is 2. The molecule has 4 aromatic rings. The second-order valence-corrected chi connectivity index (χ2v) is 7.91. The fourth-order valence-corrected chi connectivity index (χ4v) is 3.98. The molecule has 5 rings (SSSR count). The Morgan fingerprint density at radius 1 is 1.18 bits per heavy atom. The summed E-state index contributed by atoms with van der Waals surface area (Å²) in [6.07, 6.45) is 2.27. The molecule has 172 valence electrons. The van der Waals surface area contributed by atoms with Crippen LogP contribution in [0.1, 0.15) is 6.42 Å². The van der Waals surface area contributed by atoms with Crippen LogP contribution in [0.2, 0.25) is 0 Å². The van der Waals surface area contributed by atoms with Gasteiger partial charge in [0.05, 0.1) is 24.2 Å². The van der Waals surface area contributed by atoms with E-state index in [1.807, 2.05) is 22.7 Å². The Hall–Kier alpha value is -3.30. The molecular weight excluding hydrogens is 430 g/mol. The van der Waals surface area contributed by atoms with Crippen molar-refractivity contribution < 1.29 is 23.0 Å². The first kappa shape index (κ1) is 21.5. The molecule has 0 saturated carbocycles. The lowest BCUT2D eigenvalue weighted by atomic mass is 10.1. The summed E-state index contributed by atoms with van der Waals surface area (Å²) in [4.78, 5) is 9.21. The molecule has 0 bridgehead atoms. The summed E-state index contributed by atoms with van der Waals surface area (Å²) < 4.78 is 47.0. The van der Waals surface area contributed by atoms with Crippen LogP contribution in [0.5, 0.6) is 11.5 Å². The van der Waals surface area contributed by atoms with E-state index in [0.717, 1.165) is 5.69 Å². The lowest BCUT2D eigenvalue weighted by Crippen LogP contribution is -2.44. The lowest BCUT2D eigenvalue weighted by molar-refractivity contribution is 0.0740. The lowest BCUT2D eigenvalue weighted by Gasteiger charge is -2.27. The molecule has 0 aliphatic carbocycles. The number of pyridine rings is 2. The first-order valence-electron chi connectivity index (χ1n) is 10.8. The van der Waals surface area contributed by atoms with Crippen molar-refractivity contribution in [3.05, 3.63) is 54.6 Å². The zero-order valence-corrected chi connectivity index (χ0v) is 18.1. The van der Waals surface area contributed by atoms with Crippen molar-refractivity contribution in [2.75, 3.05) is 33.4 Å². The van der Waals surface area contributed by atoms with Crippen molar-refractivity contribution in [2.45, 2.75) is 18.7 Å². The monoisotopic (exact) mass is 454 g/mol. The SMILES string of the molecule is COCCOc1ccn2c(-c3ccc4cc(F)cc(O[C@H]5CCNCC5F)c4n3)cnc2c1. The number of hydrogen-bond donors (Lipinski definition) is 1. The quantitative estimate of drug-likeness (QED) is 0.429. The van der Waals surface area contributed by atoms with Crippen molar-refractivity contribution >= 4 is 16.6 Å². The Morgan fingerprint density at radius 3 is 2.94 bits per heavy atom. The van der Waals surface area contributed by atoms with Gasteiger partial charge in [0, 0.05) is 37.4 Å². The molecule has 2 atom stereocenters. The van der Waals surface area contributed by atoms with Crippen LogP contribution in [0.25, 0.3) is 27.9 Å². The highest BCUT2D eigenvalue weighted by molar-refractivity contribution is 5.86. The third kappa shape index (κ3) is 4.46. The van der Waals surface area contributed by atoms with Gasteiger partial charge in [-0.15, -0.1) is 0 Å². The Kier molecular flexibility index (Phi) is 6.06. The van der Waals surface area contributed by atoms with Gasteiger partial charge >= 0.3 is 0 Å². The van der Waals surface area contributed by atoms with E-state index in [-0.39, 0.29) is 12.3 Å². The maximum absolute atomic E-state index is 14.3. The molecule has 0 radical (unpaired) electrons. The van der Waals surface area contributed by atoms with E-state index in [0.29, 0.717) is 54.2 Å². The van der Waals surface area contributed by atoms with Gasteiger partial charge in [0.25, 0.3) is 0 Å². The van der Waals surface area contributed by atoms with E-state index in [2.05, 4.69) is 10.3 Å². The number of alkyl halides is 1. The number of nitrogens with one attached hydrogen (secondary N) is 1. The third-order valence-electron chi connectivity index (χ3n) is 5.65. The molecule has 1 aromatic carbocycles. The average Bonchev–Trinajstić information content (AvgIpc) is 3.24. The Labute approximate surface area is 189 Å². The number of ether oxygens (including phenoxy) is 3. The minimum absolute atomic E-state index is 0.218. The number of hydrogen-bond acceptors (Lipinski definition) is 6. The van der Waals surface area contributed by atoms with Gasteiger partial charge in [0.1, 0.15) is 47.4 Å². The molecule has 0 amide bonds. The number of halogens is 2. The van der Waals surface area contributed by atoms with Crippen molar-refractivity contribution in [2.24, 2.45) is 0 Å². The van der Waals surface area contributed by atoms with E-state index in [1.54, 1.807) is 25.4 Å². The molecule has 1 unspecified atom stereocenters. The predicted octanol–water partition coefficient (Wildman–Crippen LogP) is 3.79. The maximum Gasteiger partial charge on any atom is 0.149 e. The molecule has 1 aliphatic heterocycles. The van der Waals surface area contributed by atoms with Gasteiger partial charge in [-0.3, -0.25) is 4.40 Å². The molecule has 9 heteroatoms. The molecule has 7 nitrogen and oxygen atoms in total. The van der Waals surface area contributed by atoms with Crippen molar-refractivity contribution in [3.8, 4) is 22.9 Å². The summed E-state index contributed by atoms with van der Waals surface area (Å²) in [7, 11) is 1.62. The number of imidazole rings is 1. The zero-order chi connectivity index (χ0) is 22.8. The molecule has 3 aromatic heterocycles. The van der Waals surface area contributed by atoms with E-state index >= 15 is 0 Å². The third-order valence-corrected chi connectivity index (χ3v) is 5.65. The van der Waals surface area contributed by atoms with Gasteiger partial charge in [0.15, 0.2) is 0 Å². The van der Waals surface area contributed by atoms with Crippen LogP contribution in [0.3, 0.4) is 0 Å². The van der Waals surface area contributed by atoms with E-state index in [4.69, 9.17) is 19.2 Å². The molecule has 1 N–H and O–H groups in total. The Morgan fingerprint density at radius 2 is 2.09 bits per heavy atom. The van der Waals surface area contributed by atoms with Crippen LogP contribution >= 0.6 is 0 Å². The zero-order valence-electron chi connectivity index (χ0n) is 18.1. The smallest absolute Gasteiger partial charge is 0.149 e. The minimum atomic E-state index is -1.17. The number of rotatable bonds is 7. The standard InChI is InChI=1S/C24H24F2N4O3/c1-31-8-9-32-17-5-7-30-20(14-28-23(30)12-17)19-3-2-15-10-16(25)11-22(24(15)29-19)33-21-4-6-27-13-18(21)26/h2-3,5,7,10-12,14,18,21,27H,4,6,8-9,13H2,1H3/t18?,21-/m0/s1. The van der Waals surface area contributed by atoms with Crippen LogP contribution in [0.15, 0.2) is 48.8 Å². The summed E-state index contributed by atoms with van der Waals surface area (Å²) in [5, 5.41) is 3.58. The molecule has 1 aliphatic rings. The highest BCUT2D eigenvalue weighted by Gasteiger charge is 2.27. The second kappa shape index (κ2) is 9.29. The summed E-state index contributed by atoms with van der Waals surface area (Å²) in [6, 6.07) is 9.93. The van der Waals surface area contributed by atoms with Gasteiger partial charge < -0.3 is 19.5 Å². The Bertz CT molecular complexity index is 1280. The molecule has 0 spiro atoms. The van der Waals surface area contributed by atoms with Gasteiger partial charge in [-0.1, -0.05) is 6.07 Å². The van der Waals surface area contributed by atoms with Gasteiger partial charge in [-0.25, -0.2) is 18.7 Å². The predicted molar refractivity (Wildman–Crippen MR) is 120 cm³/mol. The minimum Gasteiger partial charge on any atom is -0.491 e. The molecule has 33 heavy (non-hydrogen) atoms. The molecule has 4 heterocycles. The summed E-state index contributed by atoms with van der Waals surface area (Å²) >= 11 is 0. The van der Waals surface area contributed by atoms with Crippen LogP contribution in [0.4, 0.5) is 8.78 Å². The van der Waals surface area contributed by atoms with E-state index < -0.39 is 18.1 Å². The fourth-order valence-electron chi connectivity index (χ4n) is 3.98. The van der Waals surface area contributed by atoms with Crippen LogP contribution in [0, 0.1) is 5.82 Å². The molecule has 1 fully saturated rings. The number of piperidine rings is 1. The van der Waals surface area contributed by atoms with E-state index in [1.165, 1.54) is 12.1 Å². The van der Waals surface area contributed by atoms with Crippen LogP contribution < -0.4 is 14.8 Å². The summed E-state index contributed by atoms with van der Waals surface area (Å²) in [5.74, 6) is 0.480. The van der Waals surface area contributed by atoms with Gasteiger partial charge in [-0.2, -0.15) is 0 Å². The topological polar surface area (TPSA) is 69.9 Å².